The Morgan fingerprint density at radius 2 is 1.30 bits per heavy atom. The van der Waals surface area contributed by atoms with E-state index in [-0.39, 0.29) is 0 Å². The lowest BCUT2D eigenvalue weighted by atomic mass is 10.1. The minimum Gasteiger partial charge on any atom is -0.255 e. The monoisotopic (exact) mass is 316 g/mol. The number of aliphatic imine (C=N–C) groups is 1. The Morgan fingerprint density at radius 3 is 1.91 bits per heavy atom. The number of hydrogen-bond donors (Lipinski definition) is 0. The number of para-hydroxylation sites is 2. The Labute approximate surface area is 139 Å². The van der Waals surface area contributed by atoms with Gasteiger partial charge in [0.05, 0.1) is 16.7 Å². The molecular formula is C20H13ClN2. The SMILES string of the molecule is Clc1ccc(C=Nc2c3ccccc3nc3ccccc23)cc1. The summed E-state index contributed by atoms with van der Waals surface area (Å²) in [6.07, 6.45) is 1.87. The van der Waals surface area contributed by atoms with Gasteiger partial charge in [-0.05, 0) is 29.8 Å². The number of benzene rings is 3. The fourth-order valence-electron chi connectivity index (χ4n) is 2.64. The standard InChI is InChI=1S/C20H13ClN2/c21-15-11-9-14(10-12-15)13-22-20-16-5-1-3-7-18(16)23-19-8-4-2-6-17(19)20/h1-13H. The van der Waals surface area contributed by atoms with E-state index in [1.54, 1.807) is 0 Å². The number of nitrogens with zero attached hydrogens (tertiary/aromatic N) is 2. The minimum atomic E-state index is 0.724. The average molecular weight is 317 g/mol. The first-order chi connectivity index (χ1) is 11.3. The Morgan fingerprint density at radius 1 is 0.739 bits per heavy atom. The van der Waals surface area contributed by atoms with Crippen LogP contribution >= 0.6 is 11.6 Å². The molecule has 1 heterocycles. The van der Waals surface area contributed by atoms with Crippen molar-refractivity contribution in [2.24, 2.45) is 4.99 Å². The molecule has 0 radical (unpaired) electrons. The van der Waals surface area contributed by atoms with Gasteiger partial charge in [-0.25, -0.2) is 4.98 Å². The first kappa shape index (κ1) is 13.9. The molecule has 0 aliphatic rings. The van der Waals surface area contributed by atoms with Crippen LogP contribution in [-0.4, -0.2) is 11.2 Å². The summed E-state index contributed by atoms with van der Waals surface area (Å²) >= 11 is 5.93. The van der Waals surface area contributed by atoms with E-state index < -0.39 is 0 Å². The third-order valence-electron chi connectivity index (χ3n) is 3.77. The molecule has 2 nitrogen and oxygen atoms in total. The van der Waals surface area contributed by atoms with Crippen molar-refractivity contribution in [2.45, 2.75) is 0 Å². The van der Waals surface area contributed by atoms with Crippen LogP contribution < -0.4 is 0 Å². The normalized spacial score (nSPS) is 11.5. The average Bonchev–Trinajstić information content (AvgIpc) is 2.60. The molecule has 0 atom stereocenters. The van der Waals surface area contributed by atoms with E-state index in [1.165, 1.54) is 0 Å². The molecular weight excluding hydrogens is 304 g/mol. The zero-order valence-electron chi connectivity index (χ0n) is 12.3. The first-order valence-corrected chi connectivity index (χ1v) is 7.76. The predicted octanol–water partition coefficient (Wildman–Crippen LogP) is 5.79. The second kappa shape index (κ2) is 5.82. The molecule has 3 heteroatoms. The quantitative estimate of drug-likeness (QED) is 0.339. The molecule has 4 aromatic rings. The van der Waals surface area contributed by atoms with Crippen LogP contribution in [0.3, 0.4) is 0 Å². The van der Waals surface area contributed by atoms with Crippen molar-refractivity contribution >= 4 is 45.3 Å². The maximum Gasteiger partial charge on any atom is 0.0817 e. The summed E-state index contributed by atoms with van der Waals surface area (Å²) < 4.78 is 0. The van der Waals surface area contributed by atoms with E-state index >= 15 is 0 Å². The van der Waals surface area contributed by atoms with Crippen LogP contribution in [0.2, 0.25) is 5.02 Å². The molecule has 0 saturated carbocycles. The Kier molecular flexibility index (Phi) is 3.52. The van der Waals surface area contributed by atoms with Crippen molar-refractivity contribution in [1.82, 2.24) is 4.98 Å². The predicted molar refractivity (Wildman–Crippen MR) is 98.0 cm³/mol. The van der Waals surface area contributed by atoms with Crippen LogP contribution in [0.1, 0.15) is 5.56 Å². The van der Waals surface area contributed by atoms with Crippen LogP contribution in [0.25, 0.3) is 21.8 Å². The molecule has 0 N–H and O–H groups in total. The summed E-state index contributed by atoms with van der Waals surface area (Å²) in [5.41, 5.74) is 3.87. The maximum absolute atomic E-state index is 5.93. The van der Waals surface area contributed by atoms with Crippen molar-refractivity contribution in [1.29, 1.82) is 0 Å². The zero-order valence-corrected chi connectivity index (χ0v) is 13.0. The first-order valence-electron chi connectivity index (χ1n) is 7.38. The number of hydrogen-bond acceptors (Lipinski definition) is 2. The Hall–Kier alpha value is -2.71. The third-order valence-corrected chi connectivity index (χ3v) is 4.02. The van der Waals surface area contributed by atoms with Crippen molar-refractivity contribution in [3.63, 3.8) is 0 Å². The molecule has 3 aromatic carbocycles. The van der Waals surface area contributed by atoms with Gasteiger partial charge in [-0.3, -0.25) is 4.99 Å². The van der Waals surface area contributed by atoms with Crippen molar-refractivity contribution < 1.29 is 0 Å². The zero-order chi connectivity index (χ0) is 15.6. The lowest BCUT2D eigenvalue weighted by Crippen LogP contribution is -1.85. The molecule has 0 aliphatic heterocycles. The van der Waals surface area contributed by atoms with Crippen molar-refractivity contribution in [3.05, 3.63) is 83.4 Å². The van der Waals surface area contributed by atoms with Gasteiger partial charge in [0.15, 0.2) is 0 Å². The number of fused-ring (bicyclic) bond motifs is 2. The van der Waals surface area contributed by atoms with E-state index in [1.807, 2.05) is 66.9 Å². The van der Waals surface area contributed by atoms with Gasteiger partial charge in [0, 0.05) is 22.0 Å². The minimum absolute atomic E-state index is 0.724. The van der Waals surface area contributed by atoms with Gasteiger partial charge in [0.25, 0.3) is 0 Å². The summed E-state index contributed by atoms with van der Waals surface area (Å²) in [6, 6.07) is 23.8. The van der Waals surface area contributed by atoms with Gasteiger partial charge >= 0.3 is 0 Å². The number of rotatable bonds is 2. The van der Waals surface area contributed by atoms with Gasteiger partial charge in [-0.15, -0.1) is 0 Å². The molecule has 0 spiro atoms. The molecule has 23 heavy (non-hydrogen) atoms. The van der Waals surface area contributed by atoms with Crippen molar-refractivity contribution in [2.75, 3.05) is 0 Å². The molecule has 0 amide bonds. The highest BCUT2D eigenvalue weighted by atomic mass is 35.5. The fourth-order valence-corrected chi connectivity index (χ4v) is 2.77. The summed E-state index contributed by atoms with van der Waals surface area (Å²) in [5, 5.41) is 2.83. The van der Waals surface area contributed by atoms with E-state index in [9.17, 15) is 0 Å². The molecule has 0 fully saturated rings. The molecule has 110 valence electrons. The van der Waals surface area contributed by atoms with Gasteiger partial charge < -0.3 is 0 Å². The second-order valence-corrected chi connectivity index (χ2v) is 5.74. The summed E-state index contributed by atoms with van der Waals surface area (Å²) in [4.78, 5) is 9.47. The summed E-state index contributed by atoms with van der Waals surface area (Å²) in [6.45, 7) is 0. The highest BCUT2D eigenvalue weighted by Crippen LogP contribution is 2.32. The lowest BCUT2D eigenvalue weighted by molar-refractivity contribution is 1.47. The molecule has 1 aromatic heterocycles. The Balaban J connectivity index is 1.93. The molecule has 0 saturated heterocycles. The van der Waals surface area contributed by atoms with E-state index in [4.69, 9.17) is 21.6 Å². The Bertz CT molecular complexity index is 967. The fraction of sp³-hybridized carbons (Fsp3) is 0. The number of pyridine rings is 1. The molecule has 0 aliphatic carbocycles. The van der Waals surface area contributed by atoms with Crippen LogP contribution in [-0.2, 0) is 0 Å². The topological polar surface area (TPSA) is 25.2 Å². The smallest absolute Gasteiger partial charge is 0.0817 e. The van der Waals surface area contributed by atoms with Crippen LogP contribution in [0.15, 0.2) is 77.8 Å². The molecule has 4 rings (SSSR count). The maximum atomic E-state index is 5.93. The lowest BCUT2D eigenvalue weighted by Gasteiger charge is -2.06. The van der Waals surface area contributed by atoms with E-state index in [0.717, 1.165) is 38.1 Å². The molecule has 0 unspecified atom stereocenters. The summed E-state index contributed by atoms with van der Waals surface area (Å²) in [7, 11) is 0. The van der Waals surface area contributed by atoms with Crippen LogP contribution in [0, 0.1) is 0 Å². The second-order valence-electron chi connectivity index (χ2n) is 5.30. The van der Waals surface area contributed by atoms with Gasteiger partial charge in [0.1, 0.15) is 0 Å². The summed E-state index contributed by atoms with van der Waals surface area (Å²) in [5.74, 6) is 0. The van der Waals surface area contributed by atoms with Gasteiger partial charge in [-0.2, -0.15) is 0 Å². The van der Waals surface area contributed by atoms with Crippen LogP contribution in [0.5, 0.6) is 0 Å². The van der Waals surface area contributed by atoms with Crippen molar-refractivity contribution in [3.8, 4) is 0 Å². The van der Waals surface area contributed by atoms with E-state index in [0.29, 0.717) is 0 Å². The third kappa shape index (κ3) is 2.69. The highest BCUT2D eigenvalue weighted by molar-refractivity contribution is 6.30. The largest absolute Gasteiger partial charge is 0.255 e. The van der Waals surface area contributed by atoms with Crippen LogP contribution in [0.4, 0.5) is 5.69 Å². The molecule has 0 bridgehead atoms. The van der Waals surface area contributed by atoms with E-state index in [2.05, 4.69) is 12.1 Å². The number of halogens is 1. The van der Waals surface area contributed by atoms with Gasteiger partial charge in [-0.1, -0.05) is 60.1 Å². The van der Waals surface area contributed by atoms with Gasteiger partial charge in [0.2, 0.25) is 0 Å². The number of aromatic nitrogens is 1. The highest BCUT2D eigenvalue weighted by Gasteiger charge is 2.07.